The normalized spacial score (nSPS) is 20.6. The van der Waals surface area contributed by atoms with Crippen LogP contribution in [-0.4, -0.2) is 43.4 Å². The van der Waals surface area contributed by atoms with E-state index in [1.807, 2.05) is 5.32 Å². The summed E-state index contributed by atoms with van der Waals surface area (Å²) in [4.78, 5) is 22.0. The van der Waals surface area contributed by atoms with Gasteiger partial charge < -0.3 is 20.9 Å². The van der Waals surface area contributed by atoms with E-state index in [1.165, 1.54) is 0 Å². The van der Waals surface area contributed by atoms with Gasteiger partial charge in [0.25, 0.3) is 5.91 Å². The Hall–Kier alpha value is -1.18. The van der Waals surface area contributed by atoms with Crippen LogP contribution in [0.4, 0.5) is 4.79 Å². The van der Waals surface area contributed by atoms with Gasteiger partial charge in [0.05, 0.1) is 5.60 Å². The fourth-order valence-electron chi connectivity index (χ4n) is 1.77. The Morgan fingerprint density at radius 2 is 2.06 bits per heavy atom. The van der Waals surface area contributed by atoms with E-state index in [1.54, 1.807) is 6.92 Å². The summed E-state index contributed by atoms with van der Waals surface area (Å²) in [7, 11) is 0. The van der Waals surface area contributed by atoms with E-state index in [2.05, 4.69) is 0 Å². The number of nitrogens with two attached hydrogens (primary N) is 2. The zero-order chi connectivity index (χ0) is 12.9. The number of carbonyl (C=O) groups is 2. The van der Waals surface area contributed by atoms with Gasteiger partial charge >= 0.3 is 6.03 Å². The maximum absolute atomic E-state index is 11.5. The number of urea groups is 1. The van der Waals surface area contributed by atoms with E-state index in [0.717, 1.165) is 0 Å². The first kappa shape index (κ1) is 13.9. The standard InChI is InChI=1S/C10H19N3O4/c1-7(8(14)13-9(12)15)17-10(6-11)2-4-16-5-3-10/h7H,2-6,11H2,1H3,(H3,12,13,14,15). The van der Waals surface area contributed by atoms with Crippen LogP contribution in [0.15, 0.2) is 0 Å². The molecule has 1 aliphatic heterocycles. The van der Waals surface area contributed by atoms with E-state index in [9.17, 15) is 9.59 Å². The molecule has 7 nitrogen and oxygen atoms in total. The van der Waals surface area contributed by atoms with Crippen molar-refractivity contribution in [2.24, 2.45) is 11.5 Å². The SMILES string of the molecule is CC(OC1(CN)CCOCC1)C(=O)NC(N)=O. The Morgan fingerprint density at radius 3 is 2.53 bits per heavy atom. The number of hydrogen-bond donors (Lipinski definition) is 3. The second-order valence-corrected chi connectivity index (χ2v) is 4.11. The topological polar surface area (TPSA) is 117 Å². The van der Waals surface area contributed by atoms with Crippen molar-refractivity contribution in [1.29, 1.82) is 0 Å². The zero-order valence-electron chi connectivity index (χ0n) is 9.90. The molecular weight excluding hydrogens is 226 g/mol. The maximum atomic E-state index is 11.5. The van der Waals surface area contributed by atoms with E-state index in [4.69, 9.17) is 20.9 Å². The first-order valence-corrected chi connectivity index (χ1v) is 5.55. The Morgan fingerprint density at radius 1 is 1.47 bits per heavy atom. The minimum Gasteiger partial charge on any atom is -0.381 e. The third-order valence-electron chi connectivity index (χ3n) is 2.82. The largest absolute Gasteiger partial charge is 0.381 e. The number of primary amides is 1. The van der Waals surface area contributed by atoms with Crippen LogP contribution in [0.2, 0.25) is 0 Å². The summed E-state index contributed by atoms with van der Waals surface area (Å²) in [6, 6.07) is -0.890. The van der Waals surface area contributed by atoms with Gasteiger partial charge in [-0.2, -0.15) is 0 Å². The van der Waals surface area contributed by atoms with Crippen LogP contribution in [-0.2, 0) is 14.3 Å². The number of amides is 3. The molecule has 1 rings (SSSR count). The predicted octanol–water partition coefficient (Wildman–Crippen LogP) is -0.906. The average molecular weight is 245 g/mol. The van der Waals surface area contributed by atoms with Crippen LogP contribution in [0.3, 0.4) is 0 Å². The first-order chi connectivity index (χ1) is 7.99. The summed E-state index contributed by atoms with van der Waals surface area (Å²) in [5, 5.41) is 1.98. The Bertz CT molecular complexity index is 289. The number of nitrogens with one attached hydrogen (secondary N) is 1. The number of hydrogen-bond acceptors (Lipinski definition) is 5. The summed E-state index contributed by atoms with van der Waals surface area (Å²) in [5.74, 6) is -0.559. The smallest absolute Gasteiger partial charge is 0.318 e. The van der Waals surface area contributed by atoms with Gasteiger partial charge in [0.1, 0.15) is 6.10 Å². The highest BCUT2D eigenvalue weighted by Crippen LogP contribution is 2.25. The van der Waals surface area contributed by atoms with Crippen LogP contribution in [0.5, 0.6) is 0 Å². The molecule has 1 fully saturated rings. The number of rotatable bonds is 4. The minimum absolute atomic E-state index is 0.310. The molecule has 1 saturated heterocycles. The monoisotopic (exact) mass is 245 g/mol. The van der Waals surface area contributed by atoms with Crippen molar-refractivity contribution in [2.45, 2.75) is 31.5 Å². The van der Waals surface area contributed by atoms with Crippen LogP contribution in [0.1, 0.15) is 19.8 Å². The fraction of sp³-hybridized carbons (Fsp3) is 0.800. The minimum atomic E-state index is -0.890. The van der Waals surface area contributed by atoms with E-state index < -0.39 is 23.6 Å². The second-order valence-electron chi connectivity index (χ2n) is 4.11. The molecule has 0 aromatic heterocycles. The highest BCUT2D eigenvalue weighted by Gasteiger charge is 2.35. The van der Waals surface area contributed by atoms with Gasteiger partial charge in [0, 0.05) is 32.6 Å². The molecular formula is C10H19N3O4. The summed E-state index contributed by atoms with van der Waals surface area (Å²) in [6.45, 7) is 2.98. The van der Waals surface area contributed by atoms with Crippen LogP contribution >= 0.6 is 0 Å². The van der Waals surface area contributed by atoms with Gasteiger partial charge in [-0.25, -0.2) is 4.79 Å². The third kappa shape index (κ3) is 3.95. The van der Waals surface area contributed by atoms with E-state index in [-0.39, 0.29) is 0 Å². The second kappa shape index (κ2) is 5.95. The molecule has 0 radical (unpaired) electrons. The number of ether oxygens (including phenoxy) is 2. The maximum Gasteiger partial charge on any atom is 0.318 e. The molecule has 3 amide bonds. The molecule has 17 heavy (non-hydrogen) atoms. The molecule has 5 N–H and O–H groups in total. The molecule has 1 atom stereocenters. The number of carbonyl (C=O) groups excluding carboxylic acids is 2. The predicted molar refractivity (Wildman–Crippen MR) is 60.1 cm³/mol. The summed E-state index contributed by atoms with van der Waals surface area (Å²) < 4.78 is 10.9. The van der Waals surface area contributed by atoms with Crippen molar-refractivity contribution >= 4 is 11.9 Å². The molecule has 0 spiro atoms. The first-order valence-electron chi connectivity index (χ1n) is 5.55. The Kier molecular flexibility index (Phi) is 4.86. The molecule has 1 aliphatic rings. The fourth-order valence-corrected chi connectivity index (χ4v) is 1.77. The van der Waals surface area contributed by atoms with Gasteiger partial charge in [0.2, 0.25) is 0 Å². The zero-order valence-corrected chi connectivity index (χ0v) is 9.90. The quantitative estimate of drug-likeness (QED) is 0.593. The van der Waals surface area contributed by atoms with Crippen LogP contribution in [0, 0.1) is 0 Å². The highest BCUT2D eigenvalue weighted by molar-refractivity contribution is 5.95. The third-order valence-corrected chi connectivity index (χ3v) is 2.82. The Balaban J connectivity index is 2.55. The molecule has 0 saturated carbocycles. The van der Waals surface area contributed by atoms with Crippen molar-refractivity contribution in [1.82, 2.24) is 5.32 Å². The lowest BCUT2D eigenvalue weighted by atomic mass is 9.94. The van der Waals surface area contributed by atoms with Crippen molar-refractivity contribution in [3.63, 3.8) is 0 Å². The highest BCUT2D eigenvalue weighted by atomic mass is 16.5. The summed E-state index contributed by atoms with van der Waals surface area (Å²) >= 11 is 0. The summed E-state index contributed by atoms with van der Waals surface area (Å²) in [6.07, 6.45) is 0.499. The average Bonchev–Trinajstić information content (AvgIpc) is 2.29. The molecule has 0 aliphatic carbocycles. The number of imide groups is 1. The molecule has 1 unspecified atom stereocenters. The van der Waals surface area contributed by atoms with Gasteiger partial charge in [-0.15, -0.1) is 0 Å². The van der Waals surface area contributed by atoms with Crippen molar-refractivity contribution in [3.8, 4) is 0 Å². The lowest BCUT2D eigenvalue weighted by Crippen LogP contribution is -2.51. The Labute approximate surface area is 99.8 Å². The van der Waals surface area contributed by atoms with Gasteiger partial charge in [0.15, 0.2) is 0 Å². The molecule has 7 heteroatoms. The molecule has 1 heterocycles. The van der Waals surface area contributed by atoms with Crippen LogP contribution < -0.4 is 16.8 Å². The van der Waals surface area contributed by atoms with Crippen molar-refractivity contribution in [2.75, 3.05) is 19.8 Å². The van der Waals surface area contributed by atoms with Gasteiger partial charge in [-0.1, -0.05) is 0 Å². The van der Waals surface area contributed by atoms with E-state index >= 15 is 0 Å². The van der Waals surface area contributed by atoms with Crippen molar-refractivity contribution in [3.05, 3.63) is 0 Å². The van der Waals surface area contributed by atoms with E-state index in [0.29, 0.717) is 32.6 Å². The summed E-state index contributed by atoms with van der Waals surface area (Å²) in [5.41, 5.74) is 9.99. The van der Waals surface area contributed by atoms with Crippen LogP contribution in [0.25, 0.3) is 0 Å². The molecule has 0 bridgehead atoms. The molecule has 0 aromatic carbocycles. The van der Waals surface area contributed by atoms with Gasteiger partial charge in [-0.05, 0) is 6.92 Å². The molecule has 0 aromatic rings. The molecule has 98 valence electrons. The van der Waals surface area contributed by atoms with Crippen molar-refractivity contribution < 1.29 is 19.1 Å². The lowest BCUT2D eigenvalue weighted by molar-refractivity contribution is -0.157. The van der Waals surface area contributed by atoms with Gasteiger partial charge in [-0.3, -0.25) is 10.1 Å². The lowest BCUT2D eigenvalue weighted by Gasteiger charge is -2.37.